The van der Waals surface area contributed by atoms with E-state index < -0.39 is 0 Å². The van der Waals surface area contributed by atoms with Gasteiger partial charge < -0.3 is 4.74 Å². The fraction of sp³-hybridized carbons (Fsp3) is 0.538. The van der Waals surface area contributed by atoms with Crippen LogP contribution in [0.4, 0.5) is 0 Å². The van der Waals surface area contributed by atoms with Crippen LogP contribution in [0.3, 0.4) is 0 Å². The fourth-order valence-corrected chi connectivity index (χ4v) is 1.79. The van der Waals surface area contributed by atoms with Gasteiger partial charge in [-0.05, 0) is 38.3 Å². The monoisotopic (exact) mass is 219 g/mol. The van der Waals surface area contributed by atoms with Crippen molar-refractivity contribution in [3.05, 3.63) is 29.1 Å². The number of ether oxygens (including phenoxy) is 1. The van der Waals surface area contributed by atoms with Gasteiger partial charge in [0.15, 0.2) is 0 Å². The Balaban J connectivity index is 2.26. The van der Waals surface area contributed by atoms with Crippen molar-refractivity contribution in [3.8, 4) is 0 Å². The minimum absolute atomic E-state index is 0.255. The second-order valence-corrected chi connectivity index (χ2v) is 4.08. The highest BCUT2D eigenvalue weighted by Crippen LogP contribution is 2.39. The molecule has 1 aliphatic rings. The van der Waals surface area contributed by atoms with Crippen molar-refractivity contribution < 1.29 is 9.53 Å². The number of hydrogen-bond acceptors (Lipinski definition) is 3. The highest BCUT2D eigenvalue weighted by molar-refractivity contribution is 5.90. The van der Waals surface area contributed by atoms with Crippen LogP contribution in [0.1, 0.15) is 54.4 Å². The van der Waals surface area contributed by atoms with E-state index in [1.807, 2.05) is 26.0 Å². The first kappa shape index (κ1) is 11.1. The topological polar surface area (TPSA) is 39.2 Å². The molecule has 0 radical (unpaired) electrons. The molecular formula is C13H17NO2. The number of aryl methyl sites for hydroxylation is 1. The van der Waals surface area contributed by atoms with E-state index in [1.165, 1.54) is 12.8 Å². The number of pyridine rings is 1. The molecule has 0 saturated heterocycles. The lowest BCUT2D eigenvalue weighted by Crippen LogP contribution is -2.10. The van der Waals surface area contributed by atoms with Crippen molar-refractivity contribution in [1.82, 2.24) is 4.98 Å². The van der Waals surface area contributed by atoms with Crippen LogP contribution in [-0.4, -0.2) is 17.6 Å². The van der Waals surface area contributed by atoms with Gasteiger partial charge in [0, 0.05) is 11.6 Å². The summed E-state index contributed by atoms with van der Waals surface area (Å²) < 4.78 is 5.01. The van der Waals surface area contributed by atoms with E-state index >= 15 is 0 Å². The van der Waals surface area contributed by atoms with Gasteiger partial charge in [-0.1, -0.05) is 6.92 Å². The van der Waals surface area contributed by atoms with Gasteiger partial charge in [-0.2, -0.15) is 0 Å². The standard InChI is InChI=1S/C13H17NO2/c1-3-11-10(13(15)16-4-2)7-8-12(14-11)9-5-6-9/h7-9H,3-6H2,1-2H3. The van der Waals surface area contributed by atoms with Gasteiger partial charge in [-0.15, -0.1) is 0 Å². The molecule has 1 saturated carbocycles. The second kappa shape index (κ2) is 4.64. The number of aromatic nitrogens is 1. The Morgan fingerprint density at radius 2 is 2.19 bits per heavy atom. The number of rotatable bonds is 4. The van der Waals surface area contributed by atoms with Gasteiger partial charge in [-0.3, -0.25) is 4.98 Å². The number of carbonyl (C=O) groups excluding carboxylic acids is 1. The van der Waals surface area contributed by atoms with Crippen molar-refractivity contribution in [2.75, 3.05) is 6.61 Å². The van der Waals surface area contributed by atoms with Crippen LogP contribution in [0.2, 0.25) is 0 Å². The molecule has 0 bridgehead atoms. The zero-order valence-corrected chi connectivity index (χ0v) is 9.82. The molecule has 16 heavy (non-hydrogen) atoms. The zero-order valence-electron chi connectivity index (χ0n) is 9.82. The summed E-state index contributed by atoms with van der Waals surface area (Å²) in [4.78, 5) is 16.2. The Hall–Kier alpha value is -1.38. The normalized spacial score (nSPS) is 14.9. The Morgan fingerprint density at radius 1 is 1.44 bits per heavy atom. The van der Waals surface area contributed by atoms with Crippen molar-refractivity contribution in [2.45, 2.75) is 39.0 Å². The Kier molecular flexibility index (Phi) is 3.22. The number of esters is 1. The molecule has 0 N–H and O–H groups in total. The third kappa shape index (κ3) is 2.23. The van der Waals surface area contributed by atoms with Crippen molar-refractivity contribution in [3.63, 3.8) is 0 Å². The maximum absolute atomic E-state index is 11.7. The molecule has 0 unspecified atom stereocenters. The third-order valence-electron chi connectivity index (χ3n) is 2.82. The molecule has 3 nitrogen and oxygen atoms in total. The van der Waals surface area contributed by atoms with Crippen LogP contribution in [0.5, 0.6) is 0 Å². The number of carbonyl (C=O) groups is 1. The minimum Gasteiger partial charge on any atom is -0.462 e. The van der Waals surface area contributed by atoms with Gasteiger partial charge >= 0.3 is 5.97 Å². The molecule has 0 spiro atoms. The van der Waals surface area contributed by atoms with Crippen molar-refractivity contribution in [2.24, 2.45) is 0 Å². The summed E-state index contributed by atoms with van der Waals surface area (Å²) in [5.41, 5.74) is 2.61. The summed E-state index contributed by atoms with van der Waals surface area (Å²) in [5, 5.41) is 0. The summed E-state index contributed by atoms with van der Waals surface area (Å²) >= 11 is 0. The molecule has 0 atom stereocenters. The van der Waals surface area contributed by atoms with Crippen molar-refractivity contribution >= 4 is 5.97 Å². The quantitative estimate of drug-likeness (QED) is 0.731. The van der Waals surface area contributed by atoms with Gasteiger partial charge in [0.2, 0.25) is 0 Å². The highest BCUT2D eigenvalue weighted by atomic mass is 16.5. The molecule has 2 rings (SSSR count). The minimum atomic E-state index is -0.255. The summed E-state index contributed by atoms with van der Waals surface area (Å²) in [6.07, 6.45) is 3.23. The summed E-state index contributed by atoms with van der Waals surface area (Å²) in [6, 6.07) is 3.82. The molecule has 1 aromatic rings. The first-order chi connectivity index (χ1) is 7.76. The molecule has 1 fully saturated rings. The predicted octanol–water partition coefficient (Wildman–Crippen LogP) is 2.70. The lowest BCUT2D eigenvalue weighted by Gasteiger charge is -2.08. The molecule has 3 heteroatoms. The van der Waals surface area contributed by atoms with Crippen LogP contribution in [-0.2, 0) is 11.2 Å². The Morgan fingerprint density at radius 3 is 2.75 bits per heavy atom. The molecule has 0 aliphatic heterocycles. The Labute approximate surface area is 95.8 Å². The van der Waals surface area contributed by atoms with Crippen LogP contribution in [0.25, 0.3) is 0 Å². The Bertz CT molecular complexity index is 397. The molecular weight excluding hydrogens is 202 g/mol. The largest absolute Gasteiger partial charge is 0.462 e. The summed E-state index contributed by atoms with van der Waals surface area (Å²) in [5.74, 6) is 0.371. The van der Waals surface area contributed by atoms with Gasteiger partial charge in [0.25, 0.3) is 0 Å². The van der Waals surface area contributed by atoms with E-state index in [9.17, 15) is 4.79 Å². The molecule has 0 amide bonds. The van der Waals surface area contributed by atoms with E-state index in [4.69, 9.17) is 4.74 Å². The van der Waals surface area contributed by atoms with Crippen molar-refractivity contribution in [1.29, 1.82) is 0 Å². The number of nitrogens with zero attached hydrogens (tertiary/aromatic N) is 1. The van der Waals surface area contributed by atoms with Gasteiger partial charge in [0.05, 0.1) is 17.9 Å². The molecule has 0 aromatic carbocycles. The lowest BCUT2D eigenvalue weighted by atomic mass is 10.1. The predicted molar refractivity (Wildman–Crippen MR) is 61.5 cm³/mol. The van der Waals surface area contributed by atoms with Gasteiger partial charge in [-0.25, -0.2) is 4.79 Å². The van der Waals surface area contributed by atoms with E-state index in [1.54, 1.807) is 0 Å². The highest BCUT2D eigenvalue weighted by Gasteiger charge is 2.26. The SMILES string of the molecule is CCOC(=O)c1ccc(C2CC2)nc1CC. The summed E-state index contributed by atoms with van der Waals surface area (Å²) in [7, 11) is 0. The number of hydrogen-bond donors (Lipinski definition) is 0. The van der Waals surface area contributed by atoms with Crippen LogP contribution in [0.15, 0.2) is 12.1 Å². The van der Waals surface area contributed by atoms with E-state index in [0.717, 1.165) is 17.8 Å². The summed E-state index contributed by atoms with van der Waals surface area (Å²) in [6.45, 7) is 4.24. The average molecular weight is 219 g/mol. The maximum Gasteiger partial charge on any atom is 0.339 e. The third-order valence-corrected chi connectivity index (χ3v) is 2.82. The van der Waals surface area contributed by atoms with E-state index in [-0.39, 0.29) is 5.97 Å². The first-order valence-corrected chi connectivity index (χ1v) is 5.93. The van der Waals surface area contributed by atoms with Gasteiger partial charge in [0.1, 0.15) is 0 Å². The van der Waals surface area contributed by atoms with E-state index in [2.05, 4.69) is 4.98 Å². The van der Waals surface area contributed by atoms with Crippen LogP contribution >= 0.6 is 0 Å². The maximum atomic E-state index is 11.7. The average Bonchev–Trinajstić information content (AvgIpc) is 3.12. The second-order valence-electron chi connectivity index (χ2n) is 4.08. The molecule has 1 heterocycles. The molecule has 1 aromatic heterocycles. The molecule has 1 aliphatic carbocycles. The lowest BCUT2D eigenvalue weighted by molar-refractivity contribution is 0.0524. The fourth-order valence-electron chi connectivity index (χ4n) is 1.79. The van der Waals surface area contributed by atoms with E-state index in [0.29, 0.717) is 18.1 Å². The zero-order chi connectivity index (χ0) is 11.5. The molecule has 86 valence electrons. The first-order valence-electron chi connectivity index (χ1n) is 5.93. The van der Waals surface area contributed by atoms with Crippen LogP contribution in [0, 0.1) is 0 Å². The van der Waals surface area contributed by atoms with Crippen LogP contribution < -0.4 is 0 Å². The smallest absolute Gasteiger partial charge is 0.339 e.